The van der Waals surface area contributed by atoms with Crippen LogP contribution in [0.2, 0.25) is 0 Å². The van der Waals surface area contributed by atoms with Crippen molar-refractivity contribution in [1.82, 2.24) is 4.57 Å². The topological polar surface area (TPSA) is 77.1 Å². The Morgan fingerprint density at radius 2 is 1.90 bits per heavy atom. The molecule has 0 spiro atoms. The predicted octanol–water partition coefficient (Wildman–Crippen LogP) is 2.16. The monoisotopic (exact) mass is 285 g/mol. The first kappa shape index (κ1) is 14.8. The Morgan fingerprint density at radius 3 is 2.62 bits per heavy atom. The van der Waals surface area contributed by atoms with Crippen LogP contribution in [0.15, 0.2) is 47.4 Å². The summed E-state index contributed by atoms with van der Waals surface area (Å²) in [7, 11) is 0. The number of hydrogen-bond donors (Lipinski definition) is 2. The average Bonchev–Trinajstić information content (AvgIpc) is 2.45. The quantitative estimate of drug-likeness (QED) is 0.826. The average molecular weight is 285 g/mol. The smallest absolute Gasteiger partial charge is 0.250 e. The molecule has 0 unspecified atom stereocenters. The van der Waals surface area contributed by atoms with Gasteiger partial charge in [-0.3, -0.25) is 9.59 Å². The lowest BCUT2D eigenvalue weighted by Crippen LogP contribution is -2.20. The Morgan fingerprint density at radius 1 is 1.19 bits per heavy atom. The number of benzene rings is 1. The first-order valence-corrected chi connectivity index (χ1v) is 6.87. The number of carbonyl (C=O) groups excluding carboxylic acids is 1. The van der Waals surface area contributed by atoms with Gasteiger partial charge in [-0.15, -0.1) is 0 Å². The summed E-state index contributed by atoms with van der Waals surface area (Å²) in [5, 5.41) is 2.80. The number of nitrogen functional groups attached to an aromatic ring is 1. The number of aryl methyl sites for hydroxylation is 2. The van der Waals surface area contributed by atoms with Gasteiger partial charge in [-0.2, -0.15) is 0 Å². The lowest BCUT2D eigenvalue weighted by Gasteiger charge is -2.07. The number of nitrogens with one attached hydrogen (secondary N) is 1. The first-order valence-electron chi connectivity index (χ1n) is 6.87. The van der Waals surface area contributed by atoms with Crippen LogP contribution >= 0.6 is 0 Å². The highest BCUT2D eigenvalue weighted by molar-refractivity contribution is 5.90. The molecule has 3 N–H and O–H groups in total. The minimum Gasteiger partial charge on any atom is -0.399 e. The zero-order chi connectivity index (χ0) is 15.2. The Hall–Kier alpha value is -2.56. The summed E-state index contributed by atoms with van der Waals surface area (Å²) >= 11 is 0. The molecular formula is C16H19N3O2. The summed E-state index contributed by atoms with van der Waals surface area (Å²) in [6.07, 6.45) is 2.79. The van der Waals surface area contributed by atoms with Crippen molar-refractivity contribution >= 4 is 17.3 Å². The van der Waals surface area contributed by atoms with Crippen LogP contribution in [0.4, 0.5) is 11.4 Å². The molecule has 0 aliphatic rings. The summed E-state index contributed by atoms with van der Waals surface area (Å²) in [5.41, 5.74) is 7.95. The molecule has 0 aliphatic carbocycles. The first-order chi connectivity index (χ1) is 10.0. The third kappa shape index (κ3) is 4.49. The Balaban J connectivity index is 1.83. The summed E-state index contributed by atoms with van der Waals surface area (Å²) < 4.78 is 1.63. The number of anilines is 2. The van der Waals surface area contributed by atoms with Gasteiger partial charge in [-0.1, -0.05) is 6.07 Å². The predicted molar refractivity (Wildman–Crippen MR) is 84.2 cm³/mol. The molecule has 0 bridgehead atoms. The Bertz CT molecular complexity index is 675. The highest BCUT2D eigenvalue weighted by Gasteiger charge is 2.03. The molecule has 0 saturated heterocycles. The molecule has 110 valence electrons. The zero-order valence-electron chi connectivity index (χ0n) is 12.0. The van der Waals surface area contributed by atoms with E-state index in [0.29, 0.717) is 25.1 Å². The van der Waals surface area contributed by atoms with Gasteiger partial charge in [-0.25, -0.2) is 0 Å². The second-order valence-electron chi connectivity index (χ2n) is 5.01. The highest BCUT2D eigenvalue weighted by atomic mass is 16.1. The summed E-state index contributed by atoms with van der Waals surface area (Å²) in [5.74, 6) is -0.0690. The van der Waals surface area contributed by atoms with Crippen molar-refractivity contribution in [3.63, 3.8) is 0 Å². The lowest BCUT2D eigenvalue weighted by atomic mass is 10.2. The normalized spacial score (nSPS) is 10.3. The maximum Gasteiger partial charge on any atom is 0.250 e. The van der Waals surface area contributed by atoms with Crippen LogP contribution in [0.3, 0.4) is 0 Å². The fourth-order valence-electron chi connectivity index (χ4n) is 2.03. The molecule has 5 heteroatoms. The molecule has 21 heavy (non-hydrogen) atoms. The van der Waals surface area contributed by atoms with Crippen LogP contribution in [0.25, 0.3) is 0 Å². The number of pyridine rings is 1. The van der Waals surface area contributed by atoms with E-state index in [2.05, 4.69) is 5.32 Å². The van der Waals surface area contributed by atoms with E-state index in [1.165, 1.54) is 0 Å². The van der Waals surface area contributed by atoms with E-state index >= 15 is 0 Å². The highest BCUT2D eigenvalue weighted by Crippen LogP contribution is 2.11. The van der Waals surface area contributed by atoms with Crippen LogP contribution in [-0.2, 0) is 11.3 Å². The zero-order valence-corrected chi connectivity index (χ0v) is 12.0. The fraction of sp³-hybridized carbons (Fsp3) is 0.250. The molecule has 0 saturated carbocycles. The van der Waals surface area contributed by atoms with Crippen molar-refractivity contribution in [2.75, 3.05) is 11.1 Å². The van der Waals surface area contributed by atoms with E-state index in [9.17, 15) is 9.59 Å². The second-order valence-corrected chi connectivity index (χ2v) is 5.01. The number of rotatable bonds is 5. The van der Waals surface area contributed by atoms with E-state index in [4.69, 9.17) is 5.73 Å². The lowest BCUT2D eigenvalue weighted by molar-refractivity contribution is -0.116. The SMILES string of the molecule is Cc1ccc(=O)n(CCCC(=O)Nc2ccc(N)cc2)c1. The van der Waals surface area contributed by atoms with E-state index in [1.807, 2.05) is 6.92 Å². The van der Waals surface area contributed by atoms with Crippen molar-refractivity contribution in [1.29, 1.82) is 0 Å². The number of nitrogens with two attached hydrogens (primary N) is 1. The van der Waals surface area contributed by atoms with Gasteiger partial charge < -0.3 is 15.6 Å². The number of nitrogens with zero attached hydrogens (tertiary/aromatic N) is 1. The van der Waals surface area contributed by atoms with Crippen molar-refractivity contribution in [2.45, 2.75) is 26.3 Å². The van der Waals surface area contributed by atoms with E-state index in [-0.39, 0.29) is 11.5 Å². The van der Waals surface area contributed by atoms with Gasteiger partial charge in [0.05, 0.1) is 0 Å². The van der Waals surface area contributed by atoms with Crippen LogP contribution in [-0.4, -0.2) is 10.5 Å². The van der Waals surface area contributed by atoms with Crippen molar-refractivity contribution in [3.05, 3.63) is 58.5 Å². The van der Waals surface area contributed by atoms with Crippen molar-refractivity contribution < 1.29 is 4.79 Å². The Labute approximate surface area is 123 Å². The molecule has 1 heterocycles. The number of hydrogen-bond acceptors (Lipinski definition) is 3. The largest absolute Gasteiger partial charge is 0.399 e. The molecule has 1 amide bonds. The van der Waals surface area contributed by atoms with E-state index < -0.39 is 0 Å². The van der Waals surface area contributed by atoms with Crippen molar-refractivity contribution in [3.8, 4) is 0 Å². The van der Waals surface area contributed by atoms with Gasteiger partial charge >= 0.3 is 0 Å². The number of amides is 1. The minimum absolute atomic E-state index is 0.0421. The molecule has 1 aromatic heterocycles. The standard InChI is InChI=1S/C16H19N3O2/c1-12-4-9-16(21)19(11-12)10-2-3-15(20)18-14-7-5-13(17)6-8-14/h4-9,11H,2-3,10,17H2,1H3,(H,18,20). The fourth-order valence-corrected chi connectivity index (χ4v) is 2.03. The summed E-state index contributed by atoms with van der Waals surface area (Å²) in [6.45, 7) is 2.47. The number of carbonyl (C=O) groups is 1. The second kappa shape index (κ2) is 6.74. The van der Waals surface area contributed by atoms with Gasteiger partial charge in [0.2, 0.25) is 5.91 Å². The van der Waals surface area contributed by atoms with Gasteiger partial charge in [0.25, 0.3) is 5.56 Å². The van der Waals surface area contributed by atoms with Gasteiger partial charge in [0, 0.05) is 36.6 Å². The van der Waals surface area contributed by atoms with Crippen LogP contribution in [0.1, 0.15) is 18.4 Å². The molecule has 2 rings (SSSR count). The third-order valence-corrected chi connectivity index (χ3v) is 3.13. The van der Waals surface area contributed by atoms with Crippen molar-refractivity contribution in [2.24, 2.45) is 0 Å². The minimum atomic E-state index is -0.0690. The van der Waals surface area contributed by atoms with Gasteiger partial charge in [-0.05, 0) is 43.2 Å². The van der Waals surface area contributed by atoms with Crippen LogP contribution in [0.5, 0.6) is 0 Å². The number of aromatic nitrogens is 1. The van der Waals surface area contributed by atoms with Crippen LogP contribution < -0.4 is 16.6 Å². The molecule has 1 aromatic carbocycles. The molecule has 0 atom stereocenters. The Kier molecular flexibility index (Phi) is 4.77. The van der Waals surface area contributed by atoms with Gasteiger partial charge in [0.15, 0.2) is 0 Å². The maximum absolute atomic E-state index is 11.8. The molecule has 0 aliphatic heterocycles. The molecule has 5 nitrogen and oxygen atoms in total. The summed E-state index contributed by atoms with van der Waals surface area (Å²) in [6, 6.07) is 10.3. The summed E-state index contributed by atoms with van der Waals surface area (Å²) in [4.78, 5) is 23.4. The van der Waals surface area contributed by atoms with E-state index in [1.54, 1.807) is 47.2 Å². The molecule has 0 fully saturated rings. The molecule has 2 aromatic rings. The molecular weight excluding hydrogens is 266 g/mol. The third-order valence-electron chi connectivity index (χ3n) is 3.13. The van der Waals surface area contributed by atoms with Crippen LogP contribution in [0, 0.1) is 6.92 Å². The maximum atomic E-state index is 11.8. The van der Waals surface area contributed by atoms with E-state index in [0.717, 1.165) is 11.3 Å². The molecule has 0 radical (unpaired) electrons. The van der Waals surface area contributed by atoms with Gasteiger partial charge in [0.1, 0.15) is 0 Å².